The lowest BCUT2D eigenvalue weighted by Crippen LogP contribution is -2.02. The molecule has 0 N–H and O–H groups in total. The van der Waals surface area contributed by atoms with Crippen molar-refractivity contribution in [1.29, 1.82) is 0 Å². The molecule has 8 aromatic rings. The van der Waals surface area contributed by atoms with E-state index in [0.29, 0.717) is 0 Å². The lowest BCUT2D eigenvalue weighted by molar-refractivity contribution is 0.846. The Labute approximate surface area is 243 Å². The summed E-state index contributed by atoms with van der Waals surface area (Å²) in [5.41, 5.74) is 9.99. The molecule has 0 aliphatic rings. The van der Waals surface area contributed by atoms with Gasteiger partial charge in [0.2, 0.25) is 5.95 Å². The number of fused-ring (bicyclic) bond motifs is 4. The van der Waals surface area contributed by atoms with Crippen LogP contribution in [0.4, 0.5) is 0 Å². The van der Waals surface area contributed by atoms with Gasteiger partial charge in [-0.3, -0.25) is 9.13 Å². The fourth-order valence-corrected chi connectivity index (χ4v) is 6.25. The van der Waals surface area contributed by atoms with Crippen LogP contribution in [0.2, 0.25) is 0 Å². The standard InChI is InChI=1S/C36H28N6/c1-23-9-8-10-24(2)34(23)35-39-29-17-15-26(22-32(29)42(35)33-13-6-7-18-37-33)25-14-16-28-27-11-4-5-12-30(27)41(31(28)21-25)36-38-19-20-40(36)3/h4-22H,1-3H3. The van der Waals surface area contributed by atoms with Gasteiger partial charge in [-0.05, 0) is 72.5 Å². The predicted molar refractivity (Wildman–Crippen MR) is 170 cm³/mol. The number of pyridine rings is 1. The number of aryl methyl sites for hydroxylation is 3. The van der Waals surface area contributed by atoms with E-state index in [9.17, 15) is 0 Å². The Hall–Kier alpha value is -5.49. The van der Waals surface area contributed by atoms with Crippen molar-refractivity contribution in [1.82, 2.24) is 28.7 Å². The Balaban J connectivity index is 1.38. The van der Waals surface area contributed by atoms with Crippen LogP contribution < -0.4 is 0 Å². The molecule has 0 spiro atoms. The molecule has 0 atom stereocenters. The summed E-state index contributed by atoms with van der Waals surface area (Å²) >= 11 is 0. The second-order valence-corrected chi connectivity index (χ2v) is 10.9. The van der Waals surface area contributed by atoms with Crippen molar-refractivity contribution < 1.29 is 0 Å². The van der Waals surface area contributed by atoms with E-state index in [0.717, 1.165) is 56.3 Å². The van der Waals surface area contributed by atoms with Gasteiger partial charge >= 0.3 is 0 Å². The zero-order valence-electron chi connectivity index (χ0n) is 23.7. The van der Waals surface area contributed by atoms with E-state index in [4.69, 9.17) is 15.0 Å². The maximum Gasteiger partial charge on any atom is 0.214 e. The fraction of sp³-hybridized carbons (Fsp3) is 0.0833. The average Bonchev–Trinajstić information content (AvgIpc) is 3.69. The summed E-state index contributed by atoms with van der Waals surface area (Å²) in [5, 5.41) is 2.42. The summed E-state index contributed by atoms with van der Waals surface area (Å²) in [6, 6.07) is 34.2. The molecule has 0 aliphatic carbocycles. The molecular formula is C36H28N6. The molecular weight excluding hydrogens is 516 g/mol. The largest absolute Gasteiger partial charge is 0.320 e. The lowest BCUT2D eigenvalue weighted by atomic mass is 10.0. The molecule has 4 aromatic carbocycles. The maximum atomic E-state index is 5.16. The molecule has 0 unspecified atom stereocenters. The van der Waals surface area contributed by atoms with E-state index in [1.807, 2.05) is 43.8 Å². The van der Waals surface area contributed by atoms with Crippen molar-refractivity contribution in [2.45, 2.75) is 13.8 Å². The molecule has 0 amide bonds. The van der Waals surface area contributed by atoms with Gasteiger partial charge in [0.15, 0.2) is 0 Å². The summed E-state index contributed by atoms with van der Waals surface area (Å²) < 4.78 is 6.51. The van der Waals surface area contributed by atoms with Gasteiger partial charge in [-0.1, -0.05) is 60.7 Å². The molecule has 6 nitrogen and oxygen atoms in total. The highest BCUT2D eigenvalue weighted by atomic mass is 15.2. The molecule has 0 bridgehead atoms. The highest BCUT2D eigenvalue weighted by Crippen LogP contribution is 2.37. The van der Waals surface area contributed by atoms with Gasteiger partial charge in [0, 0.05) is 42.0 Å². The van der Waals surface area contributed by atoms with Crippen LogP contribution in [-0.2, 0) is 7.05 Å². The van der Waals surface area contributed by atoms with Gasteiger partial charge in [-0.2, -0.15) is 0 Å². The van der Waals surface area contributed by atoms with Crippen molar-refractivity contribution in [2.75, 3.05) is 0 Å². The number of nitrogens with zero attached hydrogens (tertiary/aromatic N) is 6. The number of para-hydroxylation sites is 1. The first-order chi connectivity index (χ1) is 20.6. The molecule has 0 radical (unpaired) electrons. The minimum absolute atomic E-state index is 0.847. The molecule has 202 valence electrons. The van der Waals surface area contributed by atoms with Crippen molar-refractivity contribution in [3.8, 4) is 34.3 Å². The molecule has 6 heteroatoms. The van der Waals surface area contributed by atoms with Gasteiger partial charge in [0.1, 0.15) is 11.6 Å². The molecule has 42 heavy (non-hydrogen) atoms. The number of hydrogen-bond donors (Lipinski definition) is 0. The van der Waals surface area contributed by atoms with Gasteiger partial charge < -0.3 is 4.57 Å². The van der Waals surface area contributed by atoms with E-state index in [2.05, 4.69) is 106 Å². The van der Waals surface area contributed by atoms with Crippen LogP contribution >= 0.6 is 0 Å². The SMILES string of the molecule is Cc1cccc(C)c1-c1nc2ccc(-c3ccc4c5ccccc5n(-c5nccn5C)c4c3)cc2n1-c1ccccn1. The Kier molecular flexibility index (Phi) is 5.37. The zero-order valence-corrected chi connectivity index (χ0v) is 23.7. The van der Waals surface area contributed by atoms with E-state index in [1.54, 1.807) is 0 Å². The molecule has 0 saturated carbocycles. The zero-order chi connectivity index (χ0) is 28.4. The molecule has 0 fully saturated rings. The monoisotopic (exact) mass is 544 g/mol. The van der Waals surface area contributed by atoms with Gasteiger partial charge in [0.25, 0.3) is 0 Å². The third-order valence-corrected chi connectivity index (χ3v) is 8.24. The first-order valence-electron chi connectivity index (χ1n) is 14.1. The van der Waals surface area contributed by atoms with Crippen molar-refractivity contribution >= 4 is 32.8 Å². The number of benzene rings is 4. The average molecular weight is 545 g/mol. The summed E-state index contributed by atoms with van der Waals surface area (Å²) in [5.74, 6) is 2.64. The summed E-state index contributed by atoms with van der Waals surface area (Å²) in [4.78, 5) is 14.6. The van der Waals surface area contributed by atoms with Crippen LogP contribution in [0, 0.1) is 13.8 Å². The number of imidazole rings is 2. The van der Waals surface area contributed by atoms with Crippen LogP contribution in [0.5, 0.6) is 0 Å². The minimum Gasteiger partial charge on any atom is -0.320 e. The first kappa shape index (κ1) is 24.3. The highest BCUT2D eigenvalue weighted by Gasteiger charge is 2.20. The van der Waals surface area contributed by atoms with Gasteiger partial charge in [-0.15, -0.1) is 0 Å². The smallest absolute Gasteiger partial charge is 0.214 e. The first-order valence-corrected chi connectivity index (χ1v) is 14.1. The van der Waals surface area contributed by atoms with Crippen molar-refractivity contribution in [2.24, 2.45) is 7.05 Å². The van der Waals surface area contributed by atoms with Gasteiger partial charge in [-0.25, -0.2) is 15.0 Å². The third kappa shape index (κ3) is 3.62. The van der Waals surface area contributed by atoms with E-state index < -0.39 is 0 Å². The summed E-state index contributed by atoms with van der Waals surface area (Å²) in [7, 11) is 2.03. The van der Waals surface area contributed by atoms with Crippen LogP contribution in [-0.4, -0.2) is 28.7 Å². The minimum atomic E-state index is 0.847. The Morgan fingerprint density at radius 3 is 2.10 bits per heavy atom. The Bertz CT molecular complexity index is 2260. The molecule has 8 rings (SSSR count). The van der Waals surface area contributed by atoms with Crippen LogP contribution in [0.15, 0.2) is 116 Å². The van der Waals surface area contributed by atoms with E-state index in [1.165, 1.54) is 21.9 Å². The molecule has 0 aliphatic heterocycles. The van der Waals surface area contributed by atoms with Gasteiger partial charge in [0.05, 0.1) is 22.1 Å². The number of aromatic nitrogens is 6. The van der Waals surface area contributed by atoms with Crippen molar-refractivity contribution in [3.05, 3.63) is 127 Å². The quantitative estimate of drug-likeness (QED) is 0.224. The van der Waals surface area contributed by atoms with Crippen LogP contribution in [0.3, 0.4) is 0 Å². The third-order valence-electron chi connectivity index (χ3n) is 8.24. The summed E-state index contributed by atoms with van der Waals surface area (Å²) in [6.07, 6.45) is 5.67. The van der Waals surface area contributed by atoms with E-state index >= 15 is 0 Å². The summed E-state index contributed by atoms with van der Waals surface area (Å²) in [6.45, 7) is 4.29. The molecule has 4 aromatic heterocycles. The lowest BCUT2D eigenvalue weighted by Gasteiger charge is -2.13. The topological polar surface area (TPSA) is 53.5 Å². The Morgan fingerprint density at radius 2 is 1.33 bits per heavy atom. The van der Waals surface area contributed by atoms with Crippen molar-refractivity contribution in [3.63, 3.8) is 0 Å². The highest BCUT2D eigenvalue weighted by molar-refractivity contribution is 6.10. The second-order valence-electron chi connectivity index (χ2n) is 10.9. The molecule has 0 saturated heterocycles. The normalized spacial score (nSPS) is 11.7. The Morgan fingerprint density at radius 1 is 0.595 bits per heavy atom. The van der Waals surface area contributed by atoms with Crippen LogP contribution in [0.25, 0.3) is 67.1 Å². The fourth-order valence-electron chi connectivity index (χ4n) is 6.25. The number of hydrogen-bond acceptors (Lipinski definition) is 3. The van der Waals surface area contributed by atoms with E-state index in [-0.39, 0.29) is 0 Å². The molecule has 4 heterocycles. The number of rotatable bonds is 4. The second kappa shape index (κ2) is 9.28. The van der Waals surface area contributed by atoms with Crippen LogP contribution in [0.1, 0.15) is 11.1 Å². The predicted octanol–water partition coefficient (Wildman–Crippen LogP) is 8.20. The maximum absolute atomic E-state index is 5.16.